The molecule has 0 spiro atoms. The fraction of sp³-hybridized carbons (Fsp3) is 0.304. The summed E-state index contributed by atoms with van der Waals surface area (Å²) in [5, 5.41) is 0. The number of pyridine rings is 2. The van der Waals surface area contributed by atoms with Crippen LogP contribution in [0.2, 0.25) is 0 Å². The number of halogens is 6. The van der Waals surface area contributed by atoms with Crippen molar-refractivity contribution in [2.45, 2.75) is 43.1 Å². The van der Waals surface area contributed by atoms with Crippen molar-refractivity contribution in [3.63, 3.8) is 0 Å². The fourth-order valence-corrected chi connectivity index (χ4v) is 4.96. The van der Waals surface area contributed by atoms with Crippen LogP contribution in [-0.4, -0.2) is 16.1 Å². The molecule has 2 aliphatic rings. The van der Waals surface area contributed by atoms with Gasteiger partial charge in [-0.15, -0.1) is 0 Å². The van der Waals surface area contributed by atoms with Gasteiger partial charge in [0.2, 0.25) is 11.8 Å². The Kier molecular flexibility index (Phi) is 5.22. The number of alkyl halides is 6. The highest BCUT2D eigenvalue weighted by atomic mass is 19.4. The highest BCUT2D eigenvalue weighted by Crippen LogP contribution is 2.56. The van der Waals surface area contributed by atoms with E-state index in [1.807, 2.05) is 0 Å². The van der Waals surface area contributed by atoms with E-state index in [1.54, 1.807) is 12.1 Å². The van der Waals surface area contributed by atoms with Crippen LogP contribution in [0.15, 0.2) is 42.7 Å². The molecule has 2 aromatic heterocycles. The van der Waals surface area contributed by atoms with Crippen molar-refractivity contribution in [1.82, 2.24) is 9.97 Å². The molecule has 3 atom stereocenters. The summed E-state index contributed by atoms with van der Waals surface area (Å²) in [5.74, 6) is -1.69. The lowest BCUT2D eigenvalue weighted by atomic mass is 9.92. The standard InChI is InChI=1S/C23H18F6N4O2/c24-22(25,26)17-15(30)5-7-32-20(17)34-10-1-2-11-12-3-4-13(14(11)9-10)19(12)35-21-18(23(27,28)29)16(31)6-8-33-21/h1-2,5-9,12-13,19H,3-4H2,(H2,30,32)(H2,31,33). The van der Waals surface area contributed by atoms with Gasteiger partial charge in [0.05, 0.1) is 11.4 Å². The number of benzene rings is 1. The van der Waals surface area contributed by atoms with E-state index in [9.17, 15) is 26.3 Å². The zero-order chi connectivity index (χ0) is 25.1. The van der Waals surface area contributed by atoms with Crippen molar-refractivity contribution in [2.75, 3.05) is 11.5 Å². The van der Waals surface area contributed by atoms with E-state index >= 15 is 0 Å². The van der Waals surface area contributed by atoms with Gasteiger partial charge in [-0.2, -0.15) is 26.3 Å². The minimum atomic E-state index is -4.77. The van der Waals surface area contributed by atoms with E-state index in [0.717, 1.165) is 35.7 Å². The summed E-state index contributed by atoms with van der Waals surface area (Å²) in [4.78, 5) is 7.45. The number of nitrogens with two attached hydrogens (primary N) is 2. The van der Waals surface area contributed by atoms with Gasteiger partial charge in [-0.05, 0) is 48.2 Å². The van der Waals surface area contributed by atoms with Gasteiger partial charge in [0.15, 0.2) is 0 Å². The highest BCUT2D eigenvalue weighted by Gasteiger charge is 2.49. The Hall–Kier alpha value is -3.70. The summed E-state index contributed by atoms with van der Waals surface area (Å²) in [6.45, 7) is 0. The number of nitrogens with zero attached hydrogens (tertiary/aromatic N) is 2. The van der Waals surface area contributed by atoms with Crippen LogP contribution >= 0.6 is 0 Å². The maximum Gasteiger partial charge on any atom is 0.423 e. The van der Waals surface area contributed by atoms with E-state index in [4.69, 9.17) is 20.9 Å². The molecule has 2 aliphatic carbocycles. The van der Waals surface area contributed by atoms with Gasteiger partial charge in [-0.25, -0.2) is 9.97 Å². The molecule has 0 aliphatic heterocycles. The van der Waals surface area contributed by atoms with Gasteiger partial charge in [-0.3, -0.25) is 0 Å². The second kappa shape index (κ2) is 7.92. The summed E-state index contributed by atoms with van der Waals surface area (Å²) in [7, 11) is 0. The average molecular weight is 496 g/mol. The van der Waals surface area contributed by atoms with E-state index in [2.05, 4.69) is 9.97 Å². The van der Waals surface area contributed by atoms with E-state index in [1.165, 1.54) is 6.07 Å². The van der Waals surface area contributed by atoms with Crippen molar-refractivity contribution < 1.29 is 35.8 Å². The maximum absolute atomic E-state index is 13.5. The lowest BCUT2D eigenvalue weighted by Crippen LogP contribution is -2.23. The molecule has 1 aromatic carbocycles. The molecule has 3 aromatic rings. The Morgan fingerprint density at radius 3 is 1.89 bits per heavy atom. The lowest BCUT2D eigenvalue weighted by Gasteiger charge is -2.21. The molecule has 0 amide bonds. The molecule has 2 bridgehead atoms. The van der Waals surface area contributed by atoms with Crippen LogP contribution in [0.4, 0.5) is 37.7 Å². The molecule has 0 radical (unpaired) electrons. The van der Waals surface area contributed by atoms with Crippen LogP contribution < -0.4 is 20.9 Å². The third-order valence-electron chi connectivity index (χ3n) is 6.37. The van der Waals surface area contributed by atoms with Crippen molar-refractivity contribution in [3.8, 4) is 17.5 Å². The third-order valence-corrected chi connectivity index (χ3v) is 6.37. The summed E-state index contributed by atoms with van der Waals surface area (Å²) in [6.07, 6.45) is -6.60. The fourth-order valence-electron chi connectivity index (χ4n) is 4.96. The number of nitrogen functional groups attached to an aromatic ring is 2. The van der Waals surface area contributed by atoms with Crippen molar-refractivity contribution in [3.05, 3.63) is 65.0 Å². The molecule has 3 unspecified atom stereocenters. The Morgan fingerprint density at radius 1 is 0.743 bits per heavy atom. The largest absolute Gasteiger partial charge is 0.473 e. The van der Waals surface area contributed by atoms with Gasteiger partial charge in [0, 0.05) is 24.2 Å². The van der Waals surface area contributed by atoms with Crippen molar-refractivity contribution in [1.29, 1.82) is 0 Å². The Labute approximate surface area is 194 Å². The van der Waals surface area contributed by atoms with Gasteiger partial charge >= 0.3 is 12.4 Å². The molecule has 35 heavy (non-hydrogen) atoms. The Bertz CT molecular complexity index is 1290. The first-order valence-electron chi connectivity index (χ1n) is 10.6. The third kappa shape index (κ3) is 3.96. The molecule has 5 rings (SSSR count). The Balaban J connectivity index is 1.45. The Morgan fingerprint density at radius 2 is 1.29 bits per heavy atom. The van der Waals surface area contributed by atoms with Gasteiger partial charge in [0.1, 0.15) is 23.0 Å². The number of hydrogen-bond acceptors (Lipinski definition) is 6. The molecular weight excluding hydrogens is 478 g/mol. The number of ether oxygens (including phenoxy) is 2. The second-order valence-electron chi connectivity index (χ2n) is 8.42. The van der Waals surface area contributed by atoms with Crippen LogP contribution in [0.3, 0.4) is 0 Å². The number of hydrogen-bond donors (Lipinski definition) is 2. The topological polar surface area (TPSA) is 96.3 Å². The predicted octanol–water partition coefficient (Wildman–Crippen LogP) is 5.89. The highest BCUT2D eigenvalue weighted by molar-refractivity contribution is 5.55. The quantitative estimate of drug-likeness (QED) is 0.437. The number of aromatic nitrogens is 2. The minimum absolute atomic E-state index is 0.0942. The summed E-state index contributed by atoms with van der Waals surface area (Å²) >= 11 is 0. The molecule has 4 N–H and O–H groups in total. The minimum Gasteiger partial charge on any atom is -0.473 e. The van der Waals surface area contributed by atoms with Crippen LogP contribution in [0.25, 0.3) is 0 Å². The second-order valence-corrected chi connectivity index (χ2v) is 8.42. The smallest absolute Gasteiger partial charge is 0.423 e. The molecule has 1 fully saturated rings. The normalized spacial score (nSPS) is 21.1. The molecule has 1 saturated carbocycles. The zero-order valence-corrected chi connectivity index (χ0v) is 17.8. The number of anilines is 2. The first-order valence-corrected chi connectivity index (χ1v) is 10.6. The van der Waals surface area contributed by atoms with Gasteiger partial charge in [-0.1, -0.05) is 6.07 Å². The zero-order valence-electron chi connectivity index (χ0n) is 17.8. The van der Waals surface area contributed by atoms with Crippen molar-refractivity contribution in [2.24, 2.45) is 0 Å². The lowest BCUT2D eigenvalue weighted by molar-refractivity contribution is -0.139. The molecule has 0 saturated heterocycles. The molecule has 184 valence electrons. The van der Waals surface area contributed by atoms with Gasteiger partial charge < -0.3 is 20.9 Å². The molecule has 2 heterocycles. The van der Waals surface area contributed by atoms with E-state index in [0.29, 0.717) is 12.8 Å². The number of fused-ring (bicyclic) bond motifs is 5. The van der Waals surface area contributed by atoms with Crippen LogP contribution in [0.1, 0.15) is 46.9 Å². The number of rotatable bonds is 4. The summed E-state index contributed by atoms with van der Waals surface area (Å²) < 4.78 is 92.2. The molecule has 12 heteroatoms. The van der Waals surface area contributed by atoms with E-state index < -0.39 is 52.7 Å². The van der Waals surface area contributed by atoms with E-state index in [-0.39, 0.29) is 17.6 Å². The molecular formula is C23H18F6N4O2. The van der Waals surface area contributed by atoms with Crippen molar-refractivity contribution >= 4 is 11.4 Å². The predicted molar refractivity (Wildman–Crippen MR) is 113 cm³/mol. The SMILES string of the molecule is Nc1ccnc(Oc2ccc3c(c2)C2CCC3C2Oc2nccc(N)c2C(F)(F)F)c1C(F)(F)F. The first kappa shape index (κ1) is 23.1. The van der Waals surface area contributed by atoms with Crippen LogP contribution in [-0.2, 0) is 12.4 Å². The van der Waals surface area contributed by atoms with Crippen LogP contribution in [0.5, 0.6) is 17.5 Å². The summed E-state index contributed by atoms with van der Waals surface area (Å²) in [5.41, 5.74) is 9.29. The summed E-state index contributed by atoms with van der Waals surface area (Å²) in [6, 6.07) is 6.82. The monoisotopic (exact) mass is 496 g/mol. The maximum atomic E-state index is 13.5. The van der Waals surface area contributed by atoms with Gasteiger partial charge in [0.25, 0.3) is 0 Å². The first-order chi connectivity index (χ1) is 16.4. The average Bonchev–Trinajstić information content (AvgIpc) is 3.27. The van der Waals surface area contributed by atoms with Crippen LogP contribution in [0, 0.1) is 0 Å². The molecule has 6 nitrogen and oxygen atoms in total.